The van der Waals surface area contributed by atoms with E-state index in [0.29, 0.717) is 17.9 Å². The molecule has 1 amide bonds. The van der Waals surface area contributed by atoms with E-state index >= 15 is 0 Å². The van der Waals surface area contributed by atoms with Crippen LogP contribution in [0.2, 0.25) is 0 Å². The number of benzene rings is 1. The largest absolute Gasteiger partial charge is 0.507 e. The van der Waals surface area contributed by atoms with Gasteiger partial charge in [0.25, 0.3) is 11.7 Å². The first-order valence-corrected chi connectivity index (χ1v) is 11.5. The summed E-state index contributed by atoms with van der Waals surface area (Å²) in [6.45, 7) is 4.45. The summed E-state index contributed by atoms with van der Waals surface area (Å²) in [5, 5.41) is 13.1. The Hall–Kier alpha value is -2.60. The van der Waals surface area contributed by atoms with Crippen molar-refractivity contribution >= 4 is 28.8 Å². The smallest absolute Gasteiger partial charge is 0.295 e. The van der Waals surface area contributed by atoms with Gasteiger partial charge in [-0.2, -0.15) is 0 Å². The number of nitrogens with zero attached hydrogens (tertiary/aromatic N) is 1. The highest BCUT2D eigenvalue weighted by molar-refractivity contribution is 7.10. The van der Waals surface area contributed by atoms with E-state index in [4.69, 9.17) is 4.74 Å². The molecule has 2 aromatic rings. The van der Waals surface area contributed by atoms with Crippen molar-refractivity contribution in [3.63, 3.8) is 0 Å². The van der Waals surface area contributed by atoms with E-state index in [9.17, 15) is 14.7 Å². The van der Waals surface area contributed by atoms with Crippen LogP contribution in [-0.4, -0.2) is 34.3 Å². The molecular formula is C24H27NO4S. The number of hydrogen-bond donors (Lipinski definition) is 1. The molecular weight excluding hydrogens is 398 g/mol. The Kier molecular flexibility index (Phi) is 5.95. The van der Waals surface area contributed by atoms with Crippen molar-refractivity contribution in [1.29, 1.82) is 0 Å². The number of thiophene rings is 1. The lowest BCUT2D eigenvalue weighted by Gasteiger charge is -2.35. The van der Waals surface area contributed by atoms with Crippen LogP contribution in [0.3, 0.4) is 0 Å². The second-order valence-electron chi connectivity index (χ2n) is 7.92. The minimum absolute atomic E-state index is 0.0346. The van der Waals surface area contributed by atoms with E-state index in [0.717, 1.165) is 42.5 Å². The molecule has 4 rings (SSSR count). The number of Topliss-reactive ketones (excluding diaryl/α,β-unsaturated/α-hetero) is 1. The van der Waals surface area contributed by atoms with Gasteiger partial charge in [0.15, 0.2) is 0 Å². The van der Waals surface area contributed by atoms with Gasteiger partial charge in [0.05, 0.1) is 12.2 Å². The molecule has 1 aliphatic heterocycles. The monoisotopic (exact) mass is 425 g/mol. The van der Waals surface area contributed by atoms with E-state index in [-0.39, 0.29) is 17.4 Å². The number of aliphatic hydroxyl groups excluding tert-OH is 1. The lowest BCUT2D eigenvalue weighted by atomic mass is 9.92. The third-order valence-corrected chi connectivity index (χ3v) is 7.11. The lowest BCUT2D eigenvalue weighted by Crippen LogP contribution is -2.40. The summed E-state index contributed by atoms with van der Waals surface area (Å²) in [7, 11) is 0. The first-order chi connectivity index (χ1) is 14.5. The topological polar surface area (TPSA) is 66.8 Å². The van der Waals surface area contributed by atoms with Crippen LogP contribution < -0.4 is 4.74 Å². The van der Waals surface area contributed by atoms with Gasteiger partial charge in [-0.1, -0.05) is 19.3 Å². The number of carbonyl (C=O) groups is 2. The van der Waals surface area contributed by atoms with Gasteiger partial charge in [0.1, 0.15) is 17.6 Å². The van der Waals surface area contributed by atoms with Crippen LogP contribution >= 0.6 is 11.3 Å². The number of carbonyl (C=O) groups excluding carboxylic acids is 2. The number of ether oxygens (including phenoxy) is 1. The maximum Gasteiger partial charge on any atom is 0.295 e. The summed E-state index contributed by atoms with van der Waals surface area (Å²) in [5.74, 6) is -0.508. The molecule has 1 saturated heterocycles. The summed E-state index contributed by atoms with van der Waals surface area (Å²) in [6.07, 6.45) is 5.08. The Morgan fingerprint density at radius 1 is 1.13 bits per heavy atom. The van der Waals surface area contributed by atoms with Crippen molar-refractivity contribution in [2.45, 2.75) is 58.0 Å². The number of aliphatic hydroxyl groups is 1. The lowest BCUT2D eigenvalue weighted by molar-refractivity contribution is -0.141. The SMILES string of the molecule is CCOc1ccc(/C(O)=C2/C(=O)C(=O)N(C3CCCCC3)C2c2sccc2C)cc1. The molecule has 1 unspecified atom stereocenters. The van der Waals surface area contributed by atoms with Gasteiger partial charge < -0.3 is 14.7 Å². The molecule has 158 valence electrons. The molecule has 5 nitrogen and oxygen atoms in total. The minimum atomic E-state index is -0.593. The van der Waals surface area contributed by atoms with Gasteiger partial charge in [-0.05, 0) is 68.0 Å². The van der Waals surface area contributed by atoms with Crippen LogP contribution in [0.25, 0.3) is 5.76 Å². The predicted molar refractivity (Wildman–Crippen MR) is 118 cm³/mol. The molecule has 2 heterocycles. The third kappa shape index (κ3) is 3.65. The Balaban J connectivity index is 1.81. The Bertz CT molecular complexity index is 969. The van der Waals surface area contributed by atoms with Gasteiger partial charge in [-0.25, -0.2) is 0 Å². The molecule has 1 aliphatic carbocycles. The molecule has 0 spiro atoms. The number of rotatable bonds is 5. The molecule has 2 fully saturated rings. The molecule has 30 heavy (non-hydrogen) atoms. The number of hydrogen-bond acceptors (Lipinski definition) is 5. The zero-order chi connectivity index (χ0) is 21.3. The maximum absolute atomic E-state index is 13.1. The predicted octanol–water partition coefficient (Wildman–Crippen LogP) is 5.21. The van der Waals surface area contributed by atoms with Crippen molar-refractivity contribution in [1.82, 2.24) is 4.90 Å². The van der Waals surface area contributed by atoms with Crippen LogP contribution in [-0.2, 0) is 9.59 Å². The summed E-state index contributed by atoms with van der Waals surface area (Å²) in [4.78, 5) is 29.0. The fourth-order valence-corrected chi connectivity index (χ4v) is 5.57. The molecule has 1 atom stereocenters. The first-order valence-electron chi connectivity index (χ1n) is 10.6. The summed E-state index contributed by atoms with van der Waals surface area (Å²) in [5.41, 5.74) is 1.74. The Labute approximate surface area is 181 Å². The molecule has 2 aliphatic rings. The fourth-order valence-electron chi connectivity index (χ4n) is 4.54. The molecule has 1 aromatic heterocycles. The molecule has 1 aromatic carbocycles. The maximum atomic E-state index is 13.1. The van der Waals surface area contributed by atoms with Gasteiger partial charge >= 0.3 is 0 Å². The van der Waals surface area contributed by atoms with E-state index < -0.39 is 17.7 Å². The average Bonchev–Trinajstić information content (AvgIpc) is 3.29. The van der Waals surface area contributed by atoms with E-state index in [1.54, 1.807) is 29.2 Å². The quantitative estimate of drug-likeness (QED) is 0.406. The van der Waals surface area contributed by atoms with Crippen molar-refractivity contribution in [3.05, 3.63) is 57.3 Å². The summed E-state index contributed by atoms with van der Waals surface area (Å²) in [6, 6.07) is 8.49. The minimum Gasteiger partial charge on any atom is -0.507 e. The Morgan fingerprint density at radius 3 is 2.43 bits per heavy atom. The van der Waals surface area contributed by atoms with Gasteiger partial charge in [-0.15, -0.1) is 11.3 Å². The molecule has 0 bridgehead atoms. The van der Waals surface area contributed by atoms with Gasteiger partial charge in [-0.3, -0.25) is 9.59 Å². The number of ketones is 1. The highest BCUT2D eigenvalue weighted by atomic mass is 32.1. The van der Waals surface area contributed by atoms with Gasteiger partial charge in [0, 0.05) is 16.5 Å². The van der Waals surface area contributed by atoms with E-state index in [1.807, 2.05) is 25.3 Å². The number of amides is 1. The highest BCUT2D eigenvalue weighted by Gasteiger charge is 2.49. The van der Waals surface area contributed by atoms with Crippen molar-refractivity contribution in [2.24, 2.45) is 0 Å². The van der Waals surface area contributed by atoms with Crippen molar-refractivity contribution in [2.75, 3.05) is 6.61 Å². The number of likely N-dealkylation sites (tertiary alicyclic amines) is 1. The first kappa shape index (κ1) is 20.7. The normalized spacial score (nSPS) is 21.9. The van der Waals surface area contributed by atoms with Crippen molar-refractivity contribution < 1.29 is 19.4 Å². The van der Waals surface area contributed by atoms with E-state index in [2.05, 4.69) is 0 Å². The fraction of sp³-hybridized carbons (Fsp3) is 0.417. The highest BCUT2D eigenvalue weighted by Crippen LogP contribution is 2.45. The second kappa shape index (κ2) is 8.64. The van der Waals surface area contributed by atoms with Gasteiger partial charge in [0.2, 0.25) is 0 Å². The summed E-state index contributed by atoms with van der Waals surface area (Å²) >= 11 is 1.53. The van der Waals surface area contributed by atoms with Crippen LogP contribution in [0.4, 0.5) is 0 Å². The standard InChI is InChI=1S/C24H27NO4S/c1-3-29-18-11-9-16(10-12-18)21(26)19-20(23-15(2)13-14-30-23)25(24(28)22(19)27)17-7-5-4-6-8-17/h9-14,17,20,26H,3-8H2,1-2H3/b21-19-. The van der Waals surface area contributed by atoms with E-state index in [1.165, 1.54) is 11.3 Å². The van der Waals surface area contributed by atoms with Crippen LogP contribution in [0.1, 0.15) is 61.1 Å². The zero-order valence-electron chi connectivity index (χ0n) is 17.4. The summed E-state index contributed by atoms with van der Waals surface area (Å²) < 4.78 is 5.47. The number of aryl methyl sites for hydroxylation is 1. The molecule has 0 radical (unpaired) electrons. The van der Waals surface area contributed by atoms with Crippen LogP contribution in [0.5, 0.6) is 5.75 Å². The zero-order valence-corrected chi connectivity index (χ0v) is 18.2. The Morgan fingerprint density at radius 2 is 1.83 bits per heavy atom. The molecule has 1 saturated carbocycles. The van der Waals surface area contributed by atoms with Crippen LogP contribution in [0, 0.1) is 6.92 Å². The average molecular weight is 426 g/mol. The third-order valence-electron chi connectivity index (χ3n) is 6.04. The van der Waals surface area contributed by atoms with Crippen molar-refractivity contribution in [3.8, 4) is 5.75 Å². The second-order valence-corrected chi connectivity index (χ2v) is 8.87. The molecule has 1 N–H and O–H groups in total. The van der Waals surface area contributed by atoms with Crippen LogP contribution in [0.15, 0.2) is 41.3 Å². The molecule has 6 heteroatoms.